The van der Waals surface area contributed by atoms with Gasteiger partial charge in [0.2, 0.25) is 11.8 Å². The lowest BCUT2D eigenvalue weighted by Crippen LogP contribution is -2.64. The summed E-state index contributed by atoms with van der Waals surface area (Å²) >= 11 is 0. The Morgan fingerprint density at radius 2 is 0.735 bits per heavy atom. The van der Waals surface area contributed by atoms with E-state index in [4.69, 9.17) is 28.4 Å². The summed E-state index contributed by atoms with van der Waals surface area (Å²) in [5.41, 5.74) is 3.00. The van der Waals surface area contributed by atoms with Crippen molar-refractivity contribution in [3.05, 3.63) is 168 Å². The molecule has 0 spiro atoms. The van der Waals surface area contributed by atoms with E-state index in [1.807, 2.05) is 72.8 Å². The molecule has 4 atom stereocenters. The van der Waals surface area contributed by atoms with E-state index in [1.54, 1.807) is 72.8 Å². The van der Waals surface area contributed by atoms with Crippen LogP contribution in [-0.2, 0) is 45.1 Å². The lowest BCUT2D eigenvalue weighted by molar-refractivity contribution is -0.187. The first-order valence-electron chi connectivity index (χ1n) is 22.1. The maximum Gasteiger partial charge on any atom is 0.308 e. The Hall–Kier alpha value is -8.00. The number of carbonyl (C=O) groups is 4. The molecule has 2 N–H and O–H groups in total. The average molecular weight is 923 g/mol. The fourth-order valence-corrected chi connectivity index (χ4v) is 8.55. The van der Waals surface area contributed by atoms with Gasteiger partial charge in [0, 0.05) is 26.2 Å². The van der Waals surface area contributed by atoms with Gasteiger partial charge >= 0.3 is 11.9 Å². The number of carboxylic acids is 2. The zero-order chi connectivity index (χ0) is 48.2. The van der Waals surface area contributed by atoms with Crippen LogP contribution in [0.25, 0.3) is 0 Å². The minimum atomic E-state index is -1.68. The van der Waals surface area contributed by atoms with Gasteiger partial charge in [-0.05, 0) is 108 Å². The van der Waals surface area contributed by atoms with Crippen LogP contribution < -0.4 is 28.4 Å². The molecule has 0 saturated heterocycles. The van der Waals surface area contributed by atoms with Crippen LogP contribution in [0, 0.1) is 23.7 Å². The monoisotopic (exact) mass is 922 g/mol. The highest BCUT2D eigenvalue weighted by atomic mass is 16.5. The maximum absolute atomic E-state index is 15.1. The quantitative estimate of drug-likeness (QED) is 0.0665. The molecule has 1 saturated carbocycles. The van der Waals surface area contributed by atoms with E-state index >= 15 is 9.59 Å². The van der Waals surface area contributed by atoms with Gasteiger partial charge in [-0.2, -0.15) is 0 Å². The average Bonchev–Trinajstić information content (AvgIpc) is 3.34. The zero-order valence-corrected chi connectivity index (χ0v) is 38.3. The van der Waals surface area contributed by atoms with Crippen LogP contribution in [0.1, 0.15) is 22.3 Å². The van der Waals surface area contributed by atoms with E-state index in [0.29, 0.717) is 70.0 Å². The van der Waals surface area contributed by atoms with Gasteiger partial charge in [0.1, 0.15) is 23.0 Å². The molecular weight excluding hydrogens is 869 g/mol. The molecule has 14 nitrogen and oxygen atoms in total. The highest BCUT2D eigenvalue weighted by Crippen LogP contribution is 2.49. The lowest BCUT2D eigenvalue weighted by Gasteiger charge is -2.48. The molecule has 0 bridgehead atoms. The van der Waals surface area contributed by atoms with Crippen LogP contribution in [-0.4, -0.2) is 85.3 Å². The van der Waals surface area contributed by atoms with Crippen molar-refractivity contribution in [2.24, 2.45) is 23.7 Å². The third kappa shape index (κ3) is 11.5. The molecule has 6 aromatic rings. The molecule has 1 aliphatic carbocycles. The number of hydrogen-bond acceptors (Lipinski definition) is 10. The highest BCUT2D eigenvalue weighted by molar-refractivity contribution is 5.99. The topological polar surface area (TPSA) is 171 Å². The summed E-state index contributed by atoms with van der Waals surface area (Å²) in [5.74, 6) is -6.18. The number of amides is 2. The summed E-state index contributed by atoms with van der Waals surface area (Å²) in [5, 5.41) is 21.3. The SMILES string of the molecule is COc1ccc(CCN(Cc2ccc(Oc3ccccc3)cc2)C(=O)[C@H]2[C@@H](C(=O)O)[C@H](C(=O)O)[C@@H]2C(=O)N(CCc2ccc(OC)c(OC)c2)Cc2ccc(Oc3ccccc3)cc2)cc1OC. The Labute approximate surface area is 395 Å². The lowest BCUT2D eigenvalue weighted by atomic mass is 9.55. The largest absolute Gasteiger partial charge is 0.493 e. The van der Waals surface area contributed by atoms with E-state index in [9.17, 15) is 19.8 Å². The molecule has 352 valence electrons. The number of carboxylic acid groups (broad SMARTS) is 2. The number of aliphatic carboxylic acids is 2. The minimum Gasteiger partial charge on any atom is -0.493 e. The number of methoxy groups -OCH3 is 4. The summed E-state index contributed by atoms with van der Waals surface area (Å²) in [4.78, 5) is 59.4. The number of ether oxygens (including phenoxy) is 6. The van der Waals surface area contributed by atoms with Crippen LogP contribution in [0.15, 0.2) is 146 Å². The fraction of sp³-hybridized carbons (Fsp3) is 0.259. The molecular formula is C54H54N2O12. The second kappa shape index (κ2) is 22.5. The summed E-state index contributed by atoms with van der Waals surface area (Å²) in [6.45, 7) is 0.246. The molecule has 2 amide bonds. The van der Waals surface area contributed by atoms with Crippen molar-refractivity contribution in [2.75, 3.05) is 41.5 Å². The van der Waals surface area contributed by atoms with Gasteiger partial charge in [0.25, 0.3) is 0 Å². The standard InChI is InChI=1S/C54H54N2O12/c1-63-43-25-19-35(31-45(43)65-3)27-29-55(33-37-15-21-41(22-16-37)67-39-11-7-5-8-12-39)51(57)47-48(50(54(61)62)49(47)53(59)60)52(58)56(30-28-36-20-26-44(64-2)46(32-36)66-4)34-38-17-23-42(24-18-38)68-40-13-9-6-10-14-40/h5-26,31-32,47-50H,27-30,33-34H2,1-4H3,(H,59,60)(H,61,62)/t47-,48-,49-,50-/m1/s1. The molecule has 0 heterocycles. The van der Waals surface area contributed by atoms with E-state index < -0.39 is 47.4 Å². The summed E-state index contributed by atoms with van der Waals surface area (Å²) < 4.78 is 33.9. The van der Waals surface area contributed by atoms with E-state index in [1.165, 1.54) is 38.2 Å². The predicted molar refractivity (Wildman–Crippen MR) is 252 cm³/mol. The second-order valence-electron chi connectivity index (χ2n) is 16.3. The molecule has 1 fully saturated rings. The van der Waals surface area contributed by atoms with Gasteiger partial charge in [0.15, 0.2) is 23.0 Å². The molecule has 0 radical (unpaired) electrons. The van der Waals surface area contributed by atoms with E-state index in [0.717, 1.165) is 11.1 Å². The number of para-hydroxylation sites is 2. The Bertz CT molecular complexity index is 2480. The minimum absolute atomic E-state index is 0.0274. The molecule has 1 aliphatic rings. The van der Waals surface area contributed by atoms with Crippen molar-refractivity contribution in [1.29, 1.82) is 0 Å². The van der Waals surface area contributed by atoms with Gasteiger partial charge in [-0.3, -0.25) is 19.2 Å². The van der Waals surface area contributed by atoms with Crippen molar-refractivity contribution >= 4 is 23.8 Å². The van der Waals surface area contributed by atoms with E-state index in [2.05, 4.69) is 0 Å². The number of carbonyl (C=O) groups excluding carboxylic acids is 2. The van der Waals surface area contributed by atoms with Gasteiger partial charge in [-0.25, -0.2) is 0 Å². The Balaban J connectivity index is 1.21. The molecule has 0 aromatic heterocycles. The number of rotatable bonds is 22. The van der Waals surface area contributed by atoms with Crippen molar-refractivity contribution in [3.63, 3.8) is 0 Å². The molecule has 6 aromatic carbocycles. The summed E-state index contributed by atoms with van der Waals surface area (Å²) in [7, 11) is 6.10. The van der Waals surface area contributed by atoms with Crippen molar-refractivity contribution < 1.29 is 57.8 Å². The van der Waals surface area contributed by atoms with Crippen LogP contribution in [0.4, 0.5) is 0 Å². The first kappa shape index (κ1) is 47.9. The van der Waals surface area contributed by atoms with Crippen LogP contribution in [0.5, 0.6) is 46.0 Å². The van der Waals surface area contributed by atoms with Crippen LogP contribution in [0.3, 0.4) is 0 Å². The fourth-order valence-electron chi connectivity index (χ4n) is 8.55. The van der Waals surface area contributed by atoms with Crippen molar-refractivity contribution in [1.82, 2.24) is 9.80 Å². The van der Waals surface area contributed by atoms with Crippen LogP contribution in [0.2, 0.25) is 0 Å². The Morgan fingerprint density at radius 1 is 0.412 bits per heavy atom. The first-order chi connectivity index (χ1) is 33.0. The number of hydrogen-bond donors (Lipinski definition) is 2. The van der Waals surface area contributed by atoms with Crippen molar-refractivity contribution in [2.45, 2.75) is 25.9 Å². The third-order valence-electron chi connectivity index (χ3n) is 12.1. The predicted octanol–water partition coefficient (Wildman–Crippen LogP) is 8.80. The normalized spacial score (nSPS) is 16.1. The summed E-state index contributed by atoms with van der Waals surface area (Å²) in [6, 6.07) is 43.6. The third-order valence-corrected chi connectivity index (χ3v) is 12.1. The molecule has 0 aliphatic heterocycles. The Kier molecular flexibility index (Phi) is 15.8. The van der Waals surface area contributed by atoms with Crippen molar-refractivity contribution in [3.8, 4) is 46.0 Å². The molecule has 0 unspecified atom stereocenters. The smallest absolute Gasteiger partial charge is 0.308 e. The zero-order valence-electron chi connectivity index (χ0n) is 38.3. The first-order valence-corrected chi connectivity index (χ1v) is 22.1. The van der Waals surface area contributed by atoms with Gasteiger partial charge in [-0.1, -0.05) is 72.8 Å². The summed E-state index contributed by atoms with van der Waals surface area (Å²) in [6.07, 6.45) is 0.627. The maximum atomic E-state index is 15.1. The molecule has 68 heavy (non-hydrogen) atoms. The molecule has 7 rings (SSSR count). The molecule has 14 heteroatoms. The van der Waals surface area contributed by atoms with Gasteiger partial charge in [-0.15, -0.1) is 0 Å². The number of nitrogens with zero attached hydrogens (tertiary/aromatic N) is 2. The van der Waals surface area contributed by atoms with E-state index in [-0.39, 0.29) is 26.2 Å². The Morgan fingerprint density at radius 3 is 1.06 bits per heavy atom. The van der Waals surface area contributed by atoms with Crippen LogP contribution >= 0.6 is 0 Å². The number of benzene rings is 6. The second-order valence-corrected chi connectivity index (χ2v) is 16.3. The van der Waals surface area contributed by atoms with Gasteiger partial charge in [0.05, 0.1) is 52.1 Å². The highest BCUT2D eigenvalue weighted by Gasteiger charge is 2.64. The van der Waals surface area contributed by atoms with Gasteiger partial charge < -0.3 is 48.4 Å².